The van der Waals surface area contributed by atoms with Gasteiger partial charge in [-0.15, -0.1) is 0 Å². The summed E-state index contributed by atoms with van der Waals surface area (Å²) in [4.78, 5) is 12.7. The van der Waals surface area contributed by atoms with Crippen molar-refractivity contribution < 1.29 is 0 Å². The molecule has 4 fully saturated rings. The monoisotopic (exact) mass is 692 g/mol. The Morgan fingerprint density at radius 1 is 0.412 bits per heavy atom. The summed E-state index contributed by atoms with van der Waals surface area (Å²) in [6.45, 7) is 4.38. The van der Waals surface area contributed by atoms with Gasteiger partial charge in [-0.05, 0) is 53.1 Å². The van der Waals surface area contributed by atoms with Crippen molar-refractivity contribution in [2.45, 2.75) is 34.7 Å². The molecule has 2 nitrogen and oxygen atoms in total. The predicted octanol–water partition coefficient (Wildman–Crippen LogP) is 11.3. The highest BCUT2D eigenvalue weighted by molar-refractivity contribution is 7.85. The maximum absolute atomic E-state index is 6.37. The summed E-state index contributed by atoms with van der Waals surface area (Å²) in [7, 11) is -1.52. The van der Waals surface area contributed by atoms with Gasteiger partial charge in [-0.1, -0.05) is 197 Å². The number of rotatable bonds is 6. The summed E-state index contributed by atoms with van der Waals surface area (Å²) in [5, 5.41) is -1.31. The third-order valence-electron chi connectivity index (χ3n) is 12.8. The van der Waals surface area contributed by atoms with Crippen LogP contribution in [0.5, 0.6) is 0 Å². The van der Waals surface area contributed by atoms with Crippen LogP contribution in [0.4, 0.5) is 0 Å². The van der Waals surface area contributed by atoms with Gasteiger partial charge in [-0.2, -0.15) is 0 Å². The first-order valence-corrected chi connectivity index (χ1v) is 21.2. The zero-order chi connectivity index (χ0) is 34.0. The van der Waals surface area contributed by atoms with Crippen LogP contribution in [-0.4, -0.2) is 17.3 Å². The Labute approximate surface area is 302 Å². The number of benzene rings is 6. The molecule has 8 unspecified atom stereocenters. The van der Waals surface area contributed by atoms with Gasteiger partial charge >= 0.3 is 0 Å². The van der Waals surface area contributed by atoms with Gasteiger partial charge in [-0.3, -0.25) is 9.98 Å². The van der Waals surface area contributed by atoms with Crippen LogP contribution in [0.3, 0.4) is 0 Å². The highest BCUT2D eigenvalue weighted by Gasteiger charge is 2.95. The molecular formula is C47H38N2P2. The van der Waals surface area contributed by atoms with E-state index in [1.165, 1.54) is 61.8 Å². The second-order valence-electron chi connectivity index (χ2n) is 15.0. The summed E-state index contributed by atoms with van der Waals surface area (Å²) in [6.07, 6.45) is 0. The van der Waals surface area contributed by atoms with Gasteiger partial charge in [0.05, 0.1) is 10.3 Å². The Morgan fingerprint density at radius 2 is 0.725 bits per heavy atom. The third-order valence-corrected chi connectivity index (χ3v) is 21.9. The molecule has 246 valence electrons. The first-order chi connectivity index (χ1) is 25.1. The summed E-state index contributed by atoms with van der Waals surface area (Å²) in [6, 6.07) is 64.9. The molecule has 0 N–H and O–H groups in total. The molecule has 0 aliphatic carbocycles. The van der Waals surface area contributed by atoms with Crippen molar-refractivity contribution in [3.63, 3.8) is 0 Å². The van der Waals surface area contributed by atoms with Crippen LogP contribution in [0.25, 0.3) is 0 Å². The van der Waals surface area contributed by atoms with Crippen molar-refractivity contribution >= 4 is 27.3 Å². The highest BCUT2D eigenvalue weighted by atomic mass is 31.2. The van der Waals surface area contributed by atoms with Crippen LogP contribution in [-0.2, 0) is 20.9 Å². The molecule has 0 amide bonds. The Kier molecular flexibility index (Phi) is 6.24. The molecule has 8 aliphatic rings. The summed E-state index contributed by atoms with van der Waals surface area (Å²) in [5.74, 6) is 1.49. The molecule has 51 heavy (non-hydrogen) atoms. The molecule has 6 aromatic carbocycles. The van der Waals surface area contributed by atoms with E-state index in [0.717, 1.165) is 0 Å². The minimum absolute atomic E-state index is 0.148. The maximum Gasteiger partial charge on any atom is 0.120 e. The fraction of sp³-hybridized carbons (Fsp3) is 0.191. The molecule has 0 spiro atoms. The molecule has 0 aromatic heterocycles. The topological polar surface area (TPSA) is 24.7 Å². The lowest BCUT2D eigenvalue weighted by molar-refractivity contribution is 0.144. The molecule has 8 atom stereocenters. The lowest BCUT2D eigenvalue weighted by Crippen LogP contribution is -2.77. The fourth-order valence-electron chi connectivity index (χ4n) is 11.2. The third kappa shape index (κ3) is 3.39. The van der Waals surface area contributed by atoms with Crippen LogP contribution in [0.2, 0.25) is 0 Å². The van der Waals surface area contributed by atoms with Gasteiger partial charge in [-0.25, -0.2) is 0 Å². The largest absolute Gasteiger partial charge is 0.271 e. The van der Waals surface area contributed by atoms with Crippen molar-refractivity contribution in [2.75, 3.05) is 5.90 Å². The lowest BCUT2D eigenvalue weighted by atomic mass is 9.54. The lowest BCUT2D eigenvalue weighted by Gasteiger charge is -2.79. The quantitative estimate of drug-likeness (QED) is 0.155. The normalized spacial score (nSPS) is 33.4. The fourth-order valence-corrected chi connectivity index (χ4v) is 24.2. The molecule has 8 bridgehead atoms. The zero-order valence-corrected chi connectivity index (χ0v) is 30.6. The first kappa shape index (κ1) is 30.2. The number of aliphatic imine (C=N–C) groups is 2. The van der Waals surface area contributed by atoms with Crippen molar-refractivity contribution in [3.8, 4) is 0 Å². The zero-order valence-electron chi connectivity index (χ0n) is 28.8. The summed E-state index contributed by atoms with van der Waals surface area (Å²) < 4.78 is 0. The minimum atomic E-state index is -0.759. The first-order valence-electron chi connectivity index (χ1n) is 18.2. The van der Waals surface area contributed by atoms with Gasteiger partial charge in [0.25, 0.3) is 0 Å². The van der Waals surface area contributed by atoms with E-state index in [-0.39, 0.29) is 22.1 Å². The number of nitrogens with zero attached hydrogens (tertiary/aromatic N) is 2. The predicted molar refractivity (Wildman–Crippen MR) is 214 cm³/mol. The van der Waals surface area contributed by atoms with E-state index in [2.05, 4.69) is 184 Å². The SMILES string of the molecule is Cc1ccc(C2=NC3(c4ccccc4)P4CP5C6(c7ccccc7)N=C(c7ccc(C)cc7)C(C2C46c2ccccc2)C53c2ccccc2)cc1. The van der Waals surface area contributed by atoms with Crippen molar-refractivity contribution in [1.82, 2.24) is 0 Å². The Bertz CT molecular complexity index is 2210. The van der Waals surface area contributed by atoms with Gasteiger partial charge in [0.2, 0.25) is 0 Å². The van der Waals surface area contributed by atoms with Gasteiger partial charge in [0.15, 0.2) is 0 Å². The Morgan fingerprint density at radius 3 is 1.06 bits per heavy atom. The van der Waals surface area contributed by atoms with E-state index >= 15 is 0 Å². The summed E-state index contributed by atoms with van der Waals surface area (Å²) >= 11 is 0. The second-order valence-corrected chi connectivity index (χ2v) is 20.6. The van der Waals surface area contributed by atoms with Gasteiger partial charge in [0, 0.05) is 23.3 Å². The molecular weight excluding hydrogens is 654 g/mol. The van der Waals surface area contributed by atoms with Crippen LogP contribution in [0, 0.1) is 25.7 Å². The minimum Gasteiger partial charge on any atom is -0.271 e. The van der Waals surface area contributed by atoms with Crippen LogP contribution in [0.15, 0.2) is 180 Å². The molecule has 0 saturated carbocycles. The second kappa shape index (κ2) is 10.5. The summed E-state index contributed by atoms with van der Waals surface area (Å²) in [5.41, 5.74) is 13.3. The number of aryl methyl sites for hydroxylation is 2. The molecule has 8 heterocycles. The van der Waals surface area contributed by atoms with E-state index in [0.29, 0.717) is 0 Å². The van der Waals surface area contributed by atoms with E-state index in [4.69, 9.17) is 9.98 Å². The van der Waals surface area contributed by atoms with Crippen LogP contribution >= 0.6 is 15.8 Å². The molecule has 4 heteroatoms. The molecule has 6 aromatic rings. The van der Waals surface area contributed by atoms with E-state index in [9.17, 15) is 0 Å². The van der Waals surface area contributed by atoms with Gasteiger partial charge < -0.3 is 0 Å². The Balaban J connectivity index is 1.39. The molecule has 14 rings (SSSR count). The van der Waals surface area contributed by atoms with Crippen molar-refractivity contribution in [2.24, 2.45) is 21.8 Å². The van der Waals surface area contributed by atoms with Crippen molar-refractivity contribution in [3.05, 3.63) is 214 Å². The molecule has 4 saturated heterocycles. The van der Waals surface area contributed by atoms with E-state index in [1.807, 2.05) is 0 Å². The van der Waals surface area contributed by atoms with Crippen LogP contribution in [0.1, 0.15) is 44.5 Å². The average molecular weight is 693 g/mol. The van der Waals surface area contributed by atoms with Crippen molar-refractivity contribution in [1.29, 1.82) is 0 Å². The highest BCUT2D eigenvalue weighted by Crippen LogP contribution is 3.10. The van der Waals surface area contributed by atoms with Gasteiger partial charge in [0.1, 0.15) is 10.6 Å². The van der Waals surface area contributed by atoms with E-state index < -0.39 is 26.4 Å². The van der Waals surface area contributed by atoms with E-state index in [1.54, 1.807) is 0 Å². The number of hydrogen-bond acceptors (Lipinski definition) is 2. The average Bonchev–Trinajstić information content (AvgIpc) is 3.69. The number of hydrogen-bond donors (Lipinski definition) is 0. The Hall–Kier alpha value is -4.48. The smallest absolute Gasteiger partial charge is 0.120 e. The van der Waals surface area contributed by atoms with Crippen LogP contribution < -0.4 is 0 Å². The standard InChI is InChI=1S/C47H38N2P2/c1-32-23-27-34(28-24-32)42-40-41-43(35-29-25-33(2)26-30-35)49-47(39-21-13-6-14-22-39)44(40,36-15-7-3-8-16-36)50-31-51(47)45(41,37-17-9-4-10-18-37)46(50,48-42)38-19-11-5-12-20-38/h3-30,40-41H,31H2,1-2H3. The molecule has 8 aliphatic heterocycles. The molecule has 0 radical (unpaired) electrons. The maximum atomic E-state index is 6.37.